The number of pyridine rings is 1. The molecule has 1 aromatic heterocycles. The van der Waals surface area contributed by atoms with Crippen LogP contribution in [0.1, 0.15) is 19.8 Å². The van der Waals surface area contributed by atoms with Crippen LogP contribution < -0.4 is 16.0 Å². The average Bonchev–Trinajstić information content (AvgIpc) is 2.29. The zero-order chi connectivity index (χ0) is 12.8. The van der Waals surface area contributed by atoms with E-state index >= 15 is 0 Å². The predicted molar refractivity (Wildman–Crippen MR) is 70.1 cm³/mol. The Morgan fingerprint density at radius 1 is 1.59 bits per heavy atom. The third-order valence-electron chi connectivity index (χ3n) is 2.40. The minimum atomic E-state index is -0.463. The zero-order valence-electron chi connectivity index (χ0n) is 10.6. The van der Waals surface area contributed by atoms with Crippen LogP contribution in [0.2, 0.25) is 0 Å². The van der Waals surface area contributed by atoms with Crippen molar-refractivity contribution in [3.63, 3.8) is 0 Å². The van der Waals surface area contributed by atoms with Crippen molar-refractivity contribution in [2.45, 2.75) is 25.8 Å². The molecule has 0 aromatic carbocycles. The third-order valence-corrected chi connectivity index (χ3v) is 2.40. The van der Waals surface area contributed by atoms with Crippen LogP contribution in [-0.4, -0.2) is 31.0 Å². The number of carbonyl (C=O) groups is 1. The number of aromatic nitrogens is 1. The summed E-state index contributed by atoms with van der Waals surface area (Å²) < 4.78 is 0. The van der Waals surface area contributed by atoms with Gasteiger partial charge in [0.15, 0.2) is 5.82 Å². The van der Waals surface area contributed by atoms with Gasteiger partial charge in [-0.25, -0.2) is 4.98 Å². The number of amides is 1. The van der Waals surface area contributed by atoms with E-state index in [2.05, 4.69) is 10.3 Å². The highest BCUT2D eigenvalue weighted by atomic mass is 16.2. The average molecular weight is 236 g/mol. The van der Waals surface area contributed by atoms with E-state index in [4.69, 9.17) is 5.73 Å². The topological polar surface area (TPSA) is 71.2 Å². The summed E-state index contributed by atoms with van der Waals surface area (Å²) in [4.78, 5) is 17.8. The largest absolute Gasteiger partial charge is 0.361 e. The van der Waals surface area contributed by atoms with Gasteiger partial charge < -0.3 is 16.0 Å². The van der Waals surface area contributed by atoms with Gasteiger partial charge in [-0.2, -0.15) is 0 Å². The van der Waals surface area contributed by atoms with Crippen molar-refractivity contribution in [1.82, 2.24) is 4.98 Å². The van der Waals surface area contributed by atoms with Gasteiger partial charge in [0.05, 0.1) is 11.7 Å². The van der Waals surface area contributed by atoms with Gasteiger partial charge in [-0.15, -0.1) is 0 Å². The lowest BCUT2D eigenvalue weighted by Crippen LogP contribution is -2.35. The Hall–Kier alpha value is -1.62. The van der Waals surface area contributed by atoms with Crippen LogP contribution in [0.3, 0.4) is 0 Å². The highest BCUT2D eigenvalue weighted by Gasteiger charge is 2.14. The minimum absolute atomic E-state index is 0.164. The summed E-state index contributed by atoms with van der Waals surface area (Å²) in [7, 11) is 3.76. The summed E-state index contributed by atoms with van der Waals surface area (Å²) in [5.41, 5.74) is 6.44. The molecule has 0 bridgehead atoms. The number of hydrogen-bond acceptors (Lipinski definition) is 4. The molecule has 1 heterocycles. The summed E-state index contributed by atoms with van der Waals surface area (Å²) in [6, 6.07) is 3.14. The molecule has 0 aliphatic rings. The van der Waals surface area contributed by atoms with E-state index in [1.807, 2.05) is 32.0 Å². The highest BCUT2D eigenvalue weighted by Crippen LogP contribution is 2.20. The smallest absolute Gasteiger partial charge is 0.241 e. The number of carbonyl (C=O) groups excluding carboxylic acids is 1. The molecule has 5 heteroatoms. The van der Waals surface area contributed by atoms with Crippen LogP contribution in [0.25, 0.3) is 0 Å². The van der Waals surface area contributed by atoms with Crippen molar-refractivity contribution in [2.24, 2.45) is 5.73 Å². The number of nitrogens with zero attached hydrogens (tertiary/aromatic N) is 2. The molecule has 0 unspecified atom stereocenters. The summed E-state index contributed by atoms with van der Waals surface area (Å²) in [5.74, 6) is 0.562. The fraction of sp³-hybridized carbons (Fsp3) is 0.500. The van der Waals surface area contributed by atoms with Crippen molar-refractivity contribution in [1.29, 1.82) is 0 Å². The van der Waals surface area contributed by atoms with Crippen molar-refractivity contribution in [3.05, 3.63) is 18.3 Å². The van der Waals surface area contributed by atoms with Crippen molar-refractivity contribution in [3.8, 4) is 0 Å². The molecule has 0 saturated carbocycles. The number of anilines is 2. The lowest BCUT2D eigenvalue weighted by atomic mass is 10.1. The zero-order valence-corrected chi connectivity index (χ0v) is 10.6. The van der Waals surface area contributed by atoms with Crippen molar-refractivity contribution < 1.29 is 4.79 Å². The minimum Gasteiger partial charge on any atom is -0.361 e. The SMILES string of the molecule is CCC[C@@H](N)C(=O)Nc1cccnc1N(C)C. The second kappa shape index (κ2) is 6.20. The second-order valence-corrected chi connectivity index (χ2v) is 4.15. The van der Waals surface area contributed by atoms with E-state index in [1.54, 1.807) is 12.3 Å². The van der Waals surface area contributed by atoms with Crippen LogP contribution in [0.5, 0.6) is 0 Å². The van der Waals surface area contributed by atoms with Gasteiger partial charge in [-0.1, -0.05) is 13.3 Å². The quantitative estimate of drug-likeness (QED) is 0.806. The molecule has 0 fully saturated rings. The summed E-state index contributed by atoms with van der Waals surface area (Å²) in [5, 5.41) is 2.81. The van der Waals surface area contributed by atoms with Gasteiger partial charge in [0.1, 0.15) is 0 Å². The van der Waals surface area contributed by atoms with Crippen molar-refractivity contribution in [2.75, 3.05) is 24.3 Å². The number of nitrogens with one attached hydrogen (secondary N) is 1. The molecule has 0 radical (unpaired) electrons. The first-order valence-corrected chi connectivity index (χ1v) is 5.75. The number of rotatable bonds is 5. The molecule has 1 rings (SSSR count). The number of nitrogens with two attached hydrogens (primary N) is 1. The maximum atomic E-state index is 11.8. The third kappa shape index (κ3) is 3.71. The van der Waals surface area contributed by atoms with Gasteiger partial charge >= 0.3 is 0 Å². The fourth-order valence-corrected chi connectivity index (χ4v) is 1.52. The molecule has 1 aromatic rings. The molecule has 1 atom stereocenters. The van der Waals surface area contributed by atoms with Crippen LogP contribution in [-0.2, 0) is 4.79 Å². The van der Waals surface area contributed by atoms with Gasteiger partial charge in [-0.05, 0) is 18.6 Å². The first-order chi connectivity index (χ1) is 8.06. The molecule has 1 amide bonds. The molecular weight excluding hydrogens is 216 g/mol. The van der Waals surface area contributed by atoms with E-state index in [0.717, 1.165) is 12.2 Å². The van der Waals surface area contributed by atoms with Crippen LogP contribution in [0, 0.1) is 0 Å². The summed E-state index contributed by atoms with van der Waals surface area (Å²) in [6.07, 6.45) is 3.27. The monoisotopic (exact) mass is 236 g/mol. The van der Waals surface area contributed by atoms with Gasteiger partial charge in [-0.3, -0.25) is 4.79 Å². The standard InChI is InChI=1S/C12H20N4O/c1-4-6-9(13)12(17)15-10-7-5-8-14-11(10)16(2)3/h5,7-9H,4,6,13H2,1-3H3,(H,15,17)/t9-/m1/s1. The van der Waals surface area contributed by atoms with E-state index in [9.17, 15) is 4.79 Å². The van der Waals surface area contributed by atoms with E-state index < -0.39 is 6.04 Å². The Kier molecular flexibility index (Phi) is 4.90. The molecule has 0 spiro atoms. The summed E-state index contributed by atoms with van der Waals surface area (Å²) >= 11 is 0. The molecule has 17 heavy (non-hydrogen) atoms. The maximum absolute atomic E-state index is 11.8. The van der Waals surface area contributed by atoms with Crippen LogP contribution in [0.15, 0.2) is 18.3 Å². The lowest BCUT2D eigenvalue weighted by Gasteiger charge is -2.17. The van der Waals surface area contributed by atoms with E-state index in [0.29, 0.717) is 12.1 Å². The molecule has 94 valence electrons. The van der Waals surface area contributed by atoms with Crippen molar-refractivity contribution >= 4 is 17.4 Å². The predicted octanol–water partition coefficient (Wildman–Crippen LogP) is 1.21. The lowest BCUT2D eigenvalue weighted by molar-refractivity contribution is -0.117. The molecule has 3 N–H and O–H groups in total. The maximum Gasteiger partial charge on any atom is 0.241 e. The van der Waals surface area contributed by atoms with E-state index in [-0.39, 0.29) is 5.91 Å². The first kappa shape index (κ1) is 13.4. The normalized spacial score (nSPS) is 12.0. The molecule has 5 nitrogen and oxygen atoms in total. The van der Waals surface area contributed by atoms with Crippen LogP contribution >= 0.6 is 0 Å². The number of hydrogen-bond donors (Lipinski definition) is 2. The van der Waals surface area contributed by atoms with Gasteiger partial charge in [0.25, 0.3) is 0 Å². The molecule has 0 aliphatic carbocycles. The molecule has 0 aliphatic heterocycles. The Bertz CT molecular complexity index is 379. The Balaban J connectivity index is 2.77. The fourth-order valence-electron chi connectivity index (χ4n) is 1.52. The summed E-state index contributed by atoms with van der Waals surface area (Å²) in [6.45, 7) is 2.00. The Morgan fingerprint density at radius 3 is 2.88 bits per heavy atom. The first-order valence-electron chi connectivity index (χ1n) is 5.75. The Morgan fingerprint density at radius 2 is 2.29 bits per heavy atom. The van der Waals surface area contributed by atoms with E-state index in [1.165, 1.54) is 0 Å². The molecular formula is C12H20N4O. The van der Waals surface area contributed by atoms with Gasteiger partial charge in [0.2, 0.25) is 5.91 Å². The van der Waals surface area contributed by atoms with Crippen LogP contribution in [0.4, 0.5) is 11.5 Å². The second-order valence-electron chi connectivity index (χ2n) is 4.15. The molecule has 0 saturated heterocycles. The Labute approximate surface area is 102 Å². The van der Waals surface area contributed by atoms with Gasteiger partial charge in [0, 0.05) is 20.3 Å². The highest BCUT2D eigenvalue weighted by molar-refractivity contribution is 5.96.